The van der Waals surface area contributed by atoms with Gasteiger partial charge in [-0.3, -0.25) is 0 Å². The first-order valence-electron chi connectivity index (χ1n) is 7.49. The maximum atomic E-state index is 2.48. The van der Waals surface area contributed by atoms with Crippen molar-refractivity contribution in [3.63, 3.8) is 0 Å². The van der Waals surface area contributed by atoms with Crippen molar-refractivity contribution in [2.24, 2.45) is 5.92 Å². The molecule has 0 aromatic carbocycles. The van der Waals surface area contributed by atoms with Crippen molar-refractivity contribution in [3.05, 3.63) is 23.4 Å². The van der Waals surface area contributed by atoms with E-state index in [0.29, 0.717) is 0 Å². The fourth-order valence-electron chi connectivity index (χ4n) is 2.99. The molecule has 0 bridgehead atoms. The molecule has 3 nitrogen and oxygen atoms in total. The van der Waals surface area contributed by atoms with Gasteiger partial charge >= 0.3 is 0 Å². The van der Waals surface area contributed by atoms with Gasteiger partial charge in [-0.05, 0) is 45.9 Å². The van der Waals surface area contributed by atoms with Gasteiger partial charge in [0.1, 0.15) is 0 Å². The zero-order valence-electron chi connectivity index (χ0n) is 13.0. The molecular formula is C16H29N3. The third-order valence-electron chi connectivity index (χ3n) is 4.35. The van der Waals surface area contributed by atoms with Gasteiger partial charge in [-0.1, -0.05) is 11.6 Å². The van der Waals surface area contributed by atoms with E-state index in [1.54, 1.807) is 0 Å². The highest BCUT2D eigenvalue weighted by molar-refractivity contribution is 5.21. The first-order chi connectivity index (χ1) is 9.04. The summed E-state index contributed by atoms with van der Waals surface area (Å²) in [6.07, 6.45) is 6.99. The van der Waals surface area contributed by atoms with E-state index in [2.05, 4.69) is 54.9 Å². The molecule has 0 radical (unpaired) electrons. The van der Waals surface area contributed by atoms with Crippen LogP contribution in [0.15, 0.2) is 23.4 Å². The Morgan fingerprint density at radius 1 is 1.16 bits per heavy atom. The molecule has 19 heavy (non-hydrogen) atoms. The maximum Gasteiger partial charge on any atom is 0.0299 e. The fourth-order valence-corrected chi connectivity index (χ4v) is 2.99. The molecule has 1 aliphatic heterocycles. The Morgan fingerprint density at radius 2 is 1.89 bits per heavy atom. The van der Waals surface area contributed by atoms with Gasteiger partial charge in [0.05, 0.1) is 0 Å². The number of allylic oxidation sites excluding steroid dienone is 4. The summed E-state index contributed by atoms with van der Waals surface area (Å²) >= 11 is 0. The highest BCUT2D eigenvalue weighted by atomic mass is 15.2. The second kappa shape index (κ2) is 6.58. The van der Waals surface area contributed by atoms with E-state index in [4.69, 9.17) is 0 Å². The standard InChI is InChI=1S/C16H29N3/c1-14-5-7-16(8-6-14)19(4)10-9-17(2)11-15-12-18(3)13-15/h5,7,15H,6,8-13H2,1-4H3. The number of nitrogens with zero attached hydrogens (tertiary/aromatic N) is 3. The van der Waals surface area contributed by atoms with E-state index in [9.17, 15) is 0 Å². The van der Waals surface area contributed by atoms with Crippen LogP contribution in [0.4, 0.5) is 0 Å². The van der Waals surface area contributed by atoms with Gasteiger partial charge in [0.25, 0.3) is 0 Å². The van der Waals surface area contributed by atoms with E-state index < -0.39 is 0 Å². The minimum absolute atomic E-state index is 0.889. The molecule has 2 aliphatic rings. The molecule has 3 heteroatoms. The van der Waals surface area contributed by atoms with Crippen LogP contribution in [-0.4, -0.2) is 68.6 Å². The van der Waals surface area contributed by atoms with Crippen molar-refractivity contribution in [3.8, 4) is 0 Å². The molecule has 1 fully saturated rings. The van der Waals surface area contributed by atoms with Crippen molar-refractivity contribution in [1.29, 1.82) is 0 Å². The Morgan fingerprint density at radius 3 is 2.47 bits per heavy atom. The molecular weight excluding hydrogens is 234 g/mol. The number of likely N-dealkylation sites (tertiary alicyclic amines) is 1. The van der Waals surface area contributed by atoms with Crippen LogP contribution in [0.2, 0.25) is 0 Å². The molecule has 0 atom stereocenters. The first kappa shape index (κ1) is 14.6. The Hall–Kier alpha value is -0.800. The summed E-state index contributed by atoms with van der Waals surface area (Å²) in [7, 11) is 6.69. The zero-order chi connectivity index (χ0) is 13.8. The van der Waals surface area contributed by atoms with Gasteiger partial charge in [-0.2, -0.15) is 0 Å². The Labute approximate surface area is 118 Å². The van der Waals surface area contributed by atoms with E-state index in [-0.39, 0.29) is 0 Å². The summed E-state index contributed by atoms with van der Waals surface area (Å²) in [6, 6.07) is 0. The van der Waals surface area contributed by atoms with Crippen LogP contribution in [0, 0.1) is 5.92 Å². The summed E-state index contributed by atoms with van der Waals surface area (Å²) in [6.45, 7) is 8.31. The summed E-state index contributed by atoms with van der Waals surface area (Å²) in [5.74, 6) is 0.889. The van der Waals surface area contributed by atoms with Crippen LogP contribution < -0.4 is 0 Å². The third-order valence-corrected chi connectivity index (χ3v) is 4.35. The molecule has 0 unspecified atom stereocenters. The molecule has 1 saturated heterocycles. The van der Waals surface area contributed by atoms with Gasteiger partial charge in [-0.25, -0.2) is 0 Å². The fraction of sp³-hybridized carbons (Fsp3) is 0.750. The van der Waals surface area contributed by atoms with Crippen LogP contribution in [-0.2, 0) is 0 Å². The molecule has 0 aromatic heterocycles. The van der Waals surface area contributed by atoms with Crippen LogP contribution in [0.25, 0.3) is 0 Å². The van der Waals surface area contributed by atoms with Crippen LogP contribution in [0.5, 0.6) is 0 Å². The van der Waals surface area contributed by atoms with Crippen LogP contribution >= 0.6 is 0 Å². The molecule has 1 heterocycles. The molecule has 1 aliphatic carbocycles. The molecule has 108 valence electrons. The van der Waals surface area contributed by atoms with Crippen molar-refractivity contribution in [2.75, 3.05) is 53.9 Å². The number of likely N-dealkylation sites (N-methyl/N-ethyl adjacent to an activating group) is 2. The van der Waals surface area contributed by atoms with Gasteiger partial charge < -0.3 is 14.7 Å². The number of rotatable bonds is 6. The molecule has 0 aromatic rings. The predicted molar refractivity (Wildman–Crippen MR) is 82.2 cm³/mol. The topological polar surface area (TPSA) is 9.72 Å². The maximum absolute atomic E-state index is 2.48. The minimum atomic E-state index is 0.889. The molecule has 0 saturated carbocycles. The van der Waals surface area contributed by atoms with Crippen molar-refractivity contribution >= 4 is 0 Å². The van der Waals surface area contributed by atoms with Gasteiger partial charge in [0.15, 0.2) is 0 Å². The summed E-state index contributed by atoms with van der Waals surface area (Å²) < 4.78 is 0. The number of hydrogen-bond donors (Lipinski definition) is 0. The minimum Gasteiger partial charge on any atom is -0.377 e. The van der Waals surface area contributed by atoms with Gasteiger partial charge in [0, 0.05) is 45.5 Å². The average Bonchev–Trinajstić information content (AvgIpc) is 2.35. The van der Waals surface area contributed by atoms with Crippen LogP contribution in [0.3, 0.4) is 0 Å². The Balaban J connectivity index is 1.67. The van der Waals surface area contributed by atoms with Crippen molar-refractivity contribution < 1.29 is 0 Å². The molecule has 2 rings (SSSR count). The lowest BCUT2D eigenvalue weighted by atomic mass is 10.0. The monoisotopic (exact) mass is 263 g/mol. The highest BCUT2D eigenvalue weighted by Crippen LogP contribution is 2.20. The second-order valence-corrected chi connectivity index (χ2v) is 6.44. The second-order valence-electron chi connectivity index (χ2n) is 6.44. The average molecular weight is 263 g/mol. The zero-order valence-corrected chi connectivity index (χ0v) is 13.0. The van der Waals surface area contributed by atoms with Crippen molar-refractivity contribution in [1.82, 2.24) is 14.7 Å². The highest BCUT2D eigenvalue weighted by Gasteiger charge is 2.24. The Bertz CT molecular complexity index is 353. The summed E-state index contributed by atoms with van der Waals surface area (Å²) in [5, 5.41) is 0. The van der Waals surface area contributed by atoms with E-state index in [1.165, 1.54) is 43.7 Å². The smallest absolute Gasteiger partial charge is 0.0299 e. The third kappa shape index (κ3) is 4.36. The lowest BCUT2D eigenvalue weighted by Gasteiger charge is -2.38. The molecule has 0 spiro atoms. The normalized spacial score (nSPS) is 21.1. The summed E-state index contributed by atoms with van der Waals surface area (Å²) in [4.78, 5) is 7.30. The lowest BCUT2D eigenvalue weighted by molar-refractivity contribution is 0.0979. The molecule has 0 amide bonds. The SMILES string of the molecule is CC1=CC=C(N(C)CCN(C)CC2CN(C)C2)CC1. The number of hydrogen-bond acceptors (Lipinski definition) is 3. The van der Waals surface area contributed by atoms with Crippen LogP contribution in [0.1, 0.15) is 19.8 Å². The van der Waals surface area contributed by atoms with E-state index in [1.807, 2.05) is 0 Å². The first-order valence-corrected chi connectivity index (χ1v) is 7.49. The van der Waals surface area contributed by atoms with Gasteiger partial charge in [0.2, 0.25) is 0 Å². The largest absolute Gasteiger partial charge is 0.377 e. The van der Waals surface area contributed by atoms with E-state index >= 15 is 0 Å². The van der Waals surface area contributed by atoms with Gasteiger partial charge in [-0.15, -0.1) is 0 Å². The lowest BCUT2D eigenvalue weighted by Crippen LogP contribution is -2.49. The molecule has 0 N–H and O–H groups in total. The van der Waals surface area contributed by atoms with E-state index in [0.717, 1.165) is 19.0 Å². The quantitative estimate of drug-likeness (QED) is 0.726. The summed E-state index contributed by atoms with van der Waals surface area (Å²) in [5.41, 5.74) is 2.99. The predicted octanol–water partition coefficient (Wildman–Crippen LogP) is 2.04. The van der Waals surface area contributed by atoms with Crippen molar-refractivity contribution in [2.45, 2.75) is 19.8 Å². The Kier molecular flexibility index (Phi) is 5.06.